The first kappa shape index (κ1) is 16.4. The van der Waals surface area contributed by atoms with E-state index >= 15 is 0 Å². The van der Waals surface area contributed by atoms with Crippen molar-refractivity contribution in [1.29, 1.82) is 0 Å². The molecule has 1 aliphatic rings. The molecule has 1 aromatic carbocycles. The lowest BCUT2D eigenvalue weighted by atomic mass is 9.93. The smallest absolute Gasteiger partial charge is 0.294 e. The Morgan fingerprint density at radius 2 is 2.13 bits per heavy atom. The summed E-state index contributed by atoms with van der Waals surface area (Å²) in [6.07, 6.45) is 3.17. The van der Waals surface area contributed by atoms with Gasteiger partial charge in [-0.15, -0.1) is 0 Å². The second-order valence-corrected chi connectivity index (χ2v) is 6.56. The maximum atomic E-state index is 12.8. The highest BCUT2D eigenvalue weighted by Gasteiger charge is 2.27. The first-order chi connectivity index (χ1) is 10.9. The summed E-state index contributed by atoms with van der Waals surface area (Å²) >= 11 is 12.5. The summed E-state index contributed by atoms with van der Waals surface area (Å²) in [5, 5.41) is 0.814. The van der Waals surface area contributed by atoms with Crippen molar-refractivity contribution in [3.8, 4) is 0 Å². The van der Waals surface area contributed by atoms with Gasteiger partial charge in [-0.2, -0.15) is 0 Å². The largest absolute Gasteiger partial charge is 0.320 e. The zero-order valence-electron chi connectivity index (χ0n) is 13.0. The van der Waals surface area contributed by atoms with Gasteiger partial charge in [-0.05, 0) is 31.4 Å². The van der Waals surface area contributed by atoms with E-state index in [0.29, 0.717) is 28.0 Å². The van der Waals surface area contributed by atoms with Crippen LogP contribution in [-0.4, -0.2) is 23.9 Å². The molecule has 1 atom stereocenters. The summed E-state index contributed by atoms with van der Waals surface area (Å²) in [7, 11) is 5.85. The van der Waals surface area contributed by atoms with Gasteiger partial charge >= 0.3 is 0 Å². The SMILES string of the molecule is [B]c1cc(Cl)c2c(c1)CCN2c1nc(Cl)cn(C(C)CC)c1=O. The second-order valence-electron chi connectivity index (χ2n) is 5.77. The molecule has 2 heterocycles. The molecule has 0 saturated carbocycles. The van der Waals surface area contributed by atoms with Gasteiger partial charge in [0.2, 0.25) is 5.82 Å². The van der Waals surface area contributed by atoms with Crippen molar-refractivity contribution in [3.05, 3.63) is 44.4 Å². The molecule has 7 heteroatoms. The number of anilines is 2. The number of aromatic nitrogens is 2. The number of benzene rings is 1. The molecular weight excluding hydrogens is 332 g/mol. The molecule has 0 fully saturated rings. The van der Waals surface area contributed by atoms with Crippen LogP contribution in [0.1, 0.15) is 31.9 Å². The average molecular weight is 348 g/mol. The lowest BCUT2D eigenvalue weighted by Gasteiger charge is -2.22. The third-order valence-corrected chi connectivity index (χ3v) is 4.72. The standard InChI is InChI=1S/C16H16BCl2N3O/c1-3-9(2)22-8-13(19)20-15(16(22)23)21-5-4-10-6-11(17)7-12(18)14(10)21/h6-9H,3-5H2,1-2H3. The van der Waals surface area contributed by atoms with E-state index in [1.54, 1.807) is 16.8 Å². The molecule has 3 rings (SSSR count). The van der Waals surface area contributed by atoms with Crippen LogP contribution in [0.2, 0.25) is 10.2 Å². The van der Waals surface area contributed by atoms with Crippen molar-refractivity contribution in [1.82, 2.24) is 9.55 Å². The fourth-order valence-corrected chi connectivity index (χ4v) is 3.43. The van der Waals surface area contributed by atoms with Gasteiger partial charge in [0, 0.05) is 18.8 Å². The van der Waals surface area contributed by atoms with Crippen molar-refractivity contribution < 1.29 is 0 Å². The zero-order chi connectivity index (χ0) is 16.7. The van der Waals surface area contributed by atoms with Crippen LogP contribution in [0, 0.1) is 0 Å². The lowest BCUT2D eigenvalue weighted by molar-refractivity contribution is 0.511. The number of nitrogens with zero attached hydrogens (tertiary/aromatic N) is 3. The van der Waals surface area contributed by atoms with Crippen LogP contribution in [0.25, 0.3) is 0 Å². The van der Waals surface area contributed by atoms with E-state index in [2.05, 4.69) is 4.98 Å². The van der Waals surface area contributed by atoms with E-state index in [9.17, 15) is 4.79 Å². The monoisotopic (exact) mass is 347 g/mol. The predicted molar refractivity (Wildman–Crippen MR) is 96.1 cm³/mol. The number of halogens is 2. The van der Waals surface area contributed by atoms with Gasteiger partial charge in [-0.3, -0.25) is 4.79 Å². The summed E-state index contributed by atoms with van der Waals surface area (Å²) in [6.45, 7) is 4.63. The van der Waals surface area contributed by atoms with Gasteiger partial charge in [0.15, 0.2) is 0 Å². The highest BCUT2D eigenvalue weighted by molar-refractivity contribution is 6.38. The molecule has 23 heavy (non-hydrogen) atoms. The van der Waals surface area contributed by atoms with E-state index in [0.717, 1.165) is 24.1 Å². The van der Waals surface area contributed by atoms with E-state index in [-0.39, 0.29) is 11.6 Å². The number of hydrogen-bond acceptors (Lipinski definition) is 3. The Hall–Kier alpha value is -1.46. The van der Waals surface area contributed by atoms with Crippen LogP contribution < -0.4 is 15.9 Å². The topological polar surface area (TPSA) is 38.1 Å². The van der Waals surface area contributed by atoms with E-state index in [1.165, 1.54) is 0 Å². The second kappa shape index (κ2) is 6.21. The van der Waals surface area contributed by atoms with E-state index in [1.807, 2.05) is 24.8 Å². The molecule has 4 nitrogen and oxygen atoms in total. The molecule has 0 saturated heterocycles. The quantitative estimate of drug-likeness (QED) is 0.801. The molecule has 1 aromatic heterocycles. The lowest BCUT2D eigenvalue weighted by Crippen LogP contribution is -2.31. The van der Waals surface area contributed by atoms with Crippen LogP contribution in [0.3, 0.4) is 0 Å². The van der Waals surface area contributed by atoms with Crippen LogP contribution in [0.15, 0.2) is 23.1 Å². The maximum absolute atomic E-state index is 12.8. The molecule has 0 spiro atoms. The fraction of sp³-hybridized carbons (Fsp3) is 0.375. The maximum Gasteiger partial charge on any atom is 0.294 e. The van der Waals surface area contributed by atoms with Gasteiger partial charge in [-0.1, -0.05) is 41.7 Å². The first-order valence-electron chi connectivity index (χ1n) is 7.56. The molecule has 0 amide bonds. The minimum absolute atomic E-state index is 0.0470. The van der Waals surface area contributed by atoms with Gasteiger partial charge in [0.25, 0.3) is 5.56 Å². The number of hydrogen-bond donors (Lipinski definition) is 0. The molecule has 1 aliphatic heterocycles. The van der Waals surface area contributed by atoms with Crippen molar-refractivity contribution in [2.75, 3.05) is 11.4 Å². The average Bonchev–Trinajstić information content (AvgIpc) is 2.92. The summed E-state index contributed by atoms with van der Waals surface area (Å²) in [5.74, 6) is 0.309. The fourth-order valence-electron chi connectivity index (χ4n) is 2.89. The Balaban J connectivity index is 2.16. The molecule has 2 aromatic rings. The Morgan fingerprint density at radius 1 is 1.39 bits per heavy atom. The molecule has 118 valence electrons. The van der Waals surface area contributed by atoms with Crippen molar-refractivity contribution >= 4 is 48.0 Å². The van der Waals surface area contributed by atoms with Crippen LogP contribution in [0.4, 0.5) is 11.5 Å². The molecule has 0 N–H and O–H groups in total. The van der Waals surface area contributed by atoms with Crippen molar-refractivity contribution in [2.45, 2.75) is 32.7 Å². The number of rotatable bonds is 3. The molecular formula is C16H16BCl2N3O. The van der Waals surface area contributed by atoms with Crippen molar-refractivity contribution in [3.63, 3.8) is 0 Å². The normalized spacial score (nSPS) is 14.9. The summed E-state index contributed by atoms with van der Waals surface area (Å²) in [6, 6.07) is 3.63. The van der Waals surface area contributed by atoms with Crippen LogP contribution in [0.5, 0.6) is 0 Å². The third-order valence-electron chi connectivity index (χ3n) is 4.24. The van der Waals surface area contributed by atoms with Crippen LogP contribution in [-0.2, 0) is 6.42 Å². The predicted octanol–water partition coefficient (Wildman–Crippen LogP) is 3.01. The van der Waals surface area contributed by atoms with Gasteiger partial charge in [-0.25, -0.2) is 4.98 Å². The molecule has 1 unspecified atom stereocenters. The van der Waals surface area contributed by atoms with E-state index in [4.69, 9.17) is 31.0 Å². The molecule has 2 radical (unpaired) electrons. The molecule has 0 bridgehead atoms. The molecule has 0 aliphatic carbocycles. The minimum atomic E-state index is -0.163. The summed E-state index contributed by atoms with van der Waals surface area (Å²) < 4.78 is 1.63. The number of fused-ring (bicyclic) bond motifs is 1. The van der Waals surface area contributed by atoms with Crippen molar-refractivity contribution in [2.24, 2.45) is 0 Å². The highest BCUT2D eigenvalue weighted by Crippen LogP contribution is 2.37. The highest BCUT2D eigenvalue weighted by atomic mass is 35.5. The van der Waals surface area contributed by atoms with Gasteiger partial charge in [0.05, 0.1) is 10.7 Å². The Kier molecular flexibility index (Phi) is 4.43. The van der Waals surface area contributed by atoms with Crippen LogP contribution >= 0.6 is 23.2 Å². The van der Waals surface area contributed by atoms with E-state index < -0.39 is 0 Å². The third kappa shape index (κ3) is 2.88. The summed E-state index contributed by atoms with van der Waals surface area (Å²) in [5.41, 5.74) is 2.27. The Morgan fingerprint density at radius 3 is 2.83 bits per heavy atom. The van der Waals surface area contributed by atoms with Gasteiger partial charge < -0.3 is 9.47 Å². The minimum Gasteiger partial charge on any atom is -0.320 e. The Bertz CT molecular complexity index is 822. The zero-order valence-corrected chi connectivity index (χ0v) is 14.5. The van der Waals surface area contributed by atoms with Gasteiger partial charge in [0.1, 0.15) is 13.0 Å². The summed E-state index contributed by atoms with van der Waals surface area (Å²) in [4.78, 5) is 18.9. The first-order valence-corrected chi connectivity index (χ1v) is 8.32. The Labute approximate surface area is 146 Å².